The lowest BCUT2D eigenvalue weighted by atomic mass is 9.79. The summed E-state index contributed by atoms with van der Waals surface area (Å²) in [5, 5.41) is 4.12. The molecular formula is C19H22F3N5OSi. The number of hydrogen-bond donors (Lipinski definition) is 0. The maximum atomic E-state index is 15.0. The van der Waals surface area contributed by atoms with Crippen molar-refractivity contribution >= 4 is 8.32 Å². The molecule has 0 N–H and O–H groups in total. The van der Waals surface area contributed by atoms with Gasteiger partial charge >= 0.3 is 0 Å². The van der Waals surface area contributed by atoms with Crippen LogP contribution in [-0.4, -0.2) is 33.0 Å². The molecule has 2 unspecified atom stereocenters. The Labute approximate surface area is 167 Å². The van der Waals surface area contributed by atoms with Gasteiger partial charge in [0.15, 0.2) is 14.1 Å². The number of nitrogens with zero attached hydrogens (tertiary/aromatic N) is 5. The van der Waals surface area contributed by atoms with Crippen LogP contribution in [0.5, 0.6) is 0 Å². The zero-order valence-corrected chi connectivity index (χ0v) is 17.6. The lowest BCUT2D eigenvalue weighted by Gasteiger charge is -2.43. The van der Waals surface area contributed by atoms with Gasteiger partial charge in [-0.15, -0.1) is 0 Å². The predicted octanol–water partition coefficient (Wildman–Crippen LogP) is 4.04. The van der Waals surface area contributed by atoms with E-state index in [4.69, 9.17) is 4.43 Å². The highest BCUT2D eigenvalue weighted by Crippen LogP contribution is 2.44. The minimum absolute atomic E-state index is 0.0322. The molecule has 2 aromatic heterocycles. The molecule has 154 valence electrons. The van der Waals surface area contributed by atoms with E-state index in [1.54, 1.807) is 6.92 Å². The summed E-state index contributed by atoms with van der Waals surface area (Å²) in [5.74, 6) is -2.88. The van der Waals surface area contributed by atoms with E-state index in [0.29, 0.717) is 0 Å². The molecule has 6 nitrogen and oxygen atoms in total. The largest absolute Gasteiger partial charge is 0.405 e. The Hall–Kier alpha value is -2.59. The predicted molar refractivity (Wildman–Crippen MR) is 103 cm³/mol. The molecule has 0 saturated heterocycles. The molecule has 0 spiro atoms. The Kier molecular flexibility index (Phi) is 5.85. The number of rotatable bonds is 7. The molecule has 0 aliphatic heterocycles. The van der Waals surface area contributed by atoms with E-state index in [9.17, 15) is 8.78 Å². The molecule has 0 saturated carbocycles. The number of halogens is 3. The second kappa shape index (κ2) is 8.03. The van der Waals surface area contributed by atoms with Crippen LogP contribution in [0, 0.1) is 17.5 Å². The Morgan fingerprint density at radius 2 is 1.86 bits per heavy atom. The molecule has 29 heavy (non-hydrogen) atoms. The summed E-state index contributed by atoms with van der Waals surface area (Å²) in [5.41, 5.74) is -1.24. The van der Waals surface area contributed by atoms with Crippen LogP contribution in [0.1, 0.15) is 24.1 Å². The van der Waals surface area contributed by atoms with Crippen molar-refractivity contribution in [2.75, 3.05) is 0 Å². The first-order valence-corrected chi connectivity index (χ1v) is 12.5. The van der Waals surface area contributed by atoms with E-state index >= 15 is 4.39 Å². The van der Waals surface area contributed by atoms with E-state index in [0.717, 1.165) is 18.3 Å². The molecule has 1 aromatic carbocycles. The Morgan fingerprint density at radius 1 is 1.10 bits per heavy atom. The number of hydrogen-bond acceptors (Lipinski definition) is 5. The van der Waals surface area contributed by atoms with Gasteiger partial charge in [0.1, 0.15) is 36.2 Å². The van der Waals surface area contributed by atoms with Gasteiger partial charge < -0.3 is 4.43 Å². The summed E-state index contributed by atoms with van der Waals surface area (Å²) in [6.45, 7) is 7.55. The molecule has 0 aliphatic rings. The summed E-state index contributed by atoms with van der Waals surface area (Å²) in [6, 6.07) is 3.28. The highest BCUT2D eigenvalue weighted by Gasteiger charge is 2.47. The monoisotopic (exact) mass is 421 g/mol. The fraction of sp³-hybridized carbons (Fsp3) is 0.368. The second-order valence-electron chi connectivity index (χ2n) is 7.80. The maximum Gasteiger partial charge on any atom is 0.185 e. The first-order chi connectivity index (χ1) is 13.6. The van der Waals surface area contributed by atoms with Gasteiger partial charge in [0.2, 0.25) is 0 Å². The van der Waals surface area contributed by atoms with Crippen molar-refractivity contribution < 1.29 is 17.6 Å². The van der Waals surface area contributed by atoms with Gasteiger partial charge in [0.25, 0.3) is 0 Å². The molecule has 10 heteroatoms. The Morgan fingerprint density at radius 3 is 2.45 bits per heavy atom. The summed E-state index contributed by atoms with van der Waals surface area (Å²) in [6.07, 6.45) is 5.09. The zero-order chi connectivity index (χ0) is 21.2. The third kappa shape index (κ3) is 4.53. The third-order valence-electron chi connectivity index (χ3n) is 4.54. The first-order valence-electron chi connectivity index (χ1n) is 9.06. The lowest BCUT2D eigenvalue weighted by molar-refractivity contribution is 0.00565. The fourth-order valence-corrected chi connectivity index (χ4v) is 4.87. The van der Waals surface area contributed by atoms with Crippen molar-refractivity contribution in [1.82, 2.24) is 24.7 Å². The quantitative estimate of drug-likeness (QED) is 0.539. The lowest BCUT2D eigenvalue weighted by Crippen LogP contribution is -2.48. The van der Waals surface area contributed by atoms with Crippen molar-refractivity contribution in [3.63, 3.8) is 0 Å². The van der Waals surface area contributed by atoms with Crippen LogP contribution >= 0.6 is 0 Å². The molecule has 2 atom stereocenters. The average Bonchev–Trinajstić information content (AvgIpc) is 3.12. The highest BCUT2D eigenvalue weighted by atomic mass is 28.4. The first kappa shape index (κ1) is 21.1. The molecule has 0 fully saturated rings. The Bertz CT molecular complexity index is 980. The molecule has 0 radical (unpaired) electrons. The van der Waals surface area contributed by atoms with Crippen LogP contribution in [0.25, 0.3) is 0 Å². The zero-order valence-electron chi connectivity index (χ0n) is 16.6. The number of benzene rings is 1. The van der Waals surface area contributed by atoms with Gasteiger partial charge in [-0.2, -0.15) is 5.10 Å². The second-order valence-corrected chi connectivity index (χ2v) is 12.2. The summed E-state index contributed by atoms with van der Waals surface area (Å²) >= 11 is 0. The van der Waals surface area contributed by atoms with Crippen molar-refractivity contribution in [1.29, 1.82) is 0 Å². The van der Waals surface area contributed by atoms with E-state index in [-0.39, 0.29) is 17.8 Å². The smallest absolute Gasteiger partial charge is 0.185 e. The Balaban J connectivity index is 2.27. The molecule has 3 rings (SSSR count). The standard InChI is InChI=1S/C19H22F3N5OSi/c1-13(18-17(22)8-23-10-25-18)19(28-29(2,3)4,9-27-12-24-11-26-27)15-6-5-14(20)7-16(15)21/h5-8,10-13H,9H2,1-4H3. The minimum Gasteiger partial charge on any atom is -0.405 e. The van der Waals surface area contributed by atoms with Gasteiger partial charge in [-0.3, -0.25) is 0 Å². The van der Waals surface area contributed by atoms with Crippen LogP contribution in [0.15, 0.2) is 43.4 Å². The van der Waals surface area contributed by atoms with Crippen molar-refractivity contribution in [3.05, 3.63) is 72.1 Å². The number of aromatic nitrogens is 5. The van der Waals surface area contributed by atoms with Crippen molar-refractivity contribution in [2.45, 2.75) is 44.6 Å². The van der Waals surface area contributed by atoms with Crippen LogP contribution in [0.2, 0.25) is 19.6 Å². The maximum absolute atomic E-state index is 15.0. The third-order valence-corrected chi connectivity index (χ3v) is 5.52. The van der Waals surface area contributed by atoms with Crippen molar-refractivity contribution in [3.8, 4) is 0 Å². The van der Waals surface area contributed by atoms with Crippen LogP contribution < -0.4 is 0 Å². The van der Waals surface area contributed by atoms with E-state index in [1.807, 2.05) is 19.6 Å². The van der Waals surface area contributed by atoms with Crippen molar-refractivity contribution in [2.24, 2.45) is 0 Å². The SMILES string of the molecule is CC(c1ncncc1F)C(Cn1cncn1)(O[Si](C)(C)C)c1ccc(F)cc1F. The van der Waals surface area contributed by atoms with Gasteiger partial charge in [0, 0.05) is 17.5 Å². The molecule has 0 aliphatic carbocycles. The summed E-state index contributed by atoms with van der Waals surface area (Å²) in [4.78, 5) is 11.7. The van der Waals surface area contributed by atoms with Gasteiger partial charge in [-0.25, -0.2) is 32.8 Å². The molecule has 0 amide bonds. The van der Waals surface area contributed by atoms with Gasteiger partial charge in [0.05, 0.1) is 18.4 Å². The van der Waals surface area contributed by atoms with Crippen LogP contribution in [-0.2, 0) is 16.6 Å². The van der Waals surface area contributed by atoms with Gasteiger partial charge in [-0.1, -0.05) is 13.0 Å². The molecular weight excluding hydrogens is 399 g/mol. The van der Waals surface area contributed by atoms with E-state index in [1.165, 1.54) is 29.7 Å². The highest BCUT2D eigenvalue weighted by molar-refractivity contribution is 6.69. The topological polar surface area (TPSA) is 65.7 Å². The fourth-order valence-electron chi connectivity index (χ4n) is 3.43. The normalized spacial score (nSPS) is 15.1. The van der Waals surface area contributed by atoms with E-state index < -0.39 is 37.3 Å². The summed E-state index contributed by atoms with van der Waals surface area (Å²) < 4.78 is 51.3. The van der Waals surface area contributed by atoms with Crippen LogP contribution in [0.3, 0.4) is 0 Å². The molecule has 2 heterocycles. The van der Waals surface area contributed by atoms with Crippen LogP contribution in [0.4, 0.5) is 13.2 Å². The molecule has 0 bridgehead atoms. The van der Waals surface area contributed by atoms with E-state index in [2.05, 4.69) is 20.1 Å². The average molecular weight is 421 g/mol. The minimum atomic E-state index is -2.35. The molecule has 3 aromatic rings. The van der Waals surface area contributed by atoms with Gasteiger partial charge in [-0.05, 0) is 25.7 Å². The summed E-state index contributed by atoms with van der Waals surface area (Å²) in [7, 11) is -2.35.